The molecule has 2 fully saturated rings. The van der Waals surface area contributed by atoms with E-state index >= 15 is 0 Å². The molecule has 4 heteroatoms. The molecule has 1 aliphatic carbocycles. The van der Waals surface area contributed by atoms with Crippen LogP contribution in [0, 0.1) is 17.8 Å². The summed E-state index contributed by atoms with van der Waals surface area (Å²) in [4.78, 5) is 23.3. The lowest BCUT2D eigenvalue weighted by Gasteiger charge is -2.15. The first kappa shape index (κ1) is 14.8. The van der Waals surface area contributed by atoms with Crippen LogP contribution in [0.5, 0.6) is 5.75 Å². The highest BCUT2D eigenvalue weighted by Crippen LogP contribution is 2.45. The molecule has 0 amide bonds. The molecule has 4 atom stereocenters. The number of hydrogen-bond acceptors (Lipinski definition) is 4. The van der Waals surface area contributed by atoms with Gasteiger partial charge in [0.15, 0.2) is 12.4 Å². The maximum atomic E-state index is 11.9. The SMILES string of the molecule is C[C@@H]1C[C@@H]2OC(=O)C[C@@H]2[C@H]1/C=C/C(=O)COc1ccccc1. The Morgan fingerprint density at radius 1 is 1.36 bits per heavy atom. The molecule has 1 aromatic rings. The summed E-state index contributed by atoms with van der Waals surface area (Å²) in [6.07, 6.45) is 4.93. The molecule has 1 heterocycles. The Balaban J connectivity index is 1.54. The van der Waals surface area contributed by atoms with E-state index in [1.165, 1.54) is 0 Å². The first-order chi connectivity index (χ1) is 10.6. The Morgan fingerprint density at radius 3 is 2.91 bits per heavy atom. The van der Waals surface area contributed by atoms with Gasteiger partial charge in [-0.3, -0.25) is 9.59 Å². The quantitative estimate of drug-likeness (QED) is 0.620. The Kier molecular flexibility index (Phi) is 4.27. The minimum Gasteiger partial charge on any atom is -0.485 e. The van der Waals surface area contributed by atoms with Gasteiger partial charge in [-0.1, -0.05) is 31.2 Å². The highest BCUT2D eigenvalue weighted by atomic mass is 16.6. The van der Waals surface area contributed by atoms with Crippen molar-refractivity contribution in [3.05, 3.63) is 42.5 Å². The van der Waals surface area contributed by atoms with Crippen LogP contribution in [0.3, 0.4) is 0 Å². The van der Waals surface area contributed by atoms with Crippen molar-refractivity contribution in [2.24, 2.45) is 17.8 Å². The lowest BCUT2D eigenvalue weighted by Crippen LogP contribution is -2.15. The summed E-state index contributed by atoms with van der Waals surface area (Å²) >= 11 is 0. The highest BCUT2D eigenvalue weighted by Gasteiger charge is 2.47. The highest BCUT2D eigenvalue weighted by molar-refractivity contribution is 5.91. The maximum absolute atomic E-state index is 11.9. The molecular weight excluding hydrogens is 280 g/mol. The summed E-state index contributed by atoms with van der Waals surface area (Å²) < 4.78 is 10.7. The Hall–Kier alpha value is -2.10. The van der Waals surface area contributed by atoms with Crippen LogP contribution in [-0.2, 0) is 14.3 Å². The van der Waals surface area contributed by atoms with Gasteiger partial charge in [0.05, 0.1) is 6.42 Å². The molecule has 1 aliphatic heterocycles. The number of rotatable bonds is 5. The minimum atomic E-state index is -0.112. The monoisotopic (exact) mass is 300 g/mol. The molecule has 1 saturated heterocycles. The molecule has 2 aliphatic rings. The molecule has 1 aromatic carbocycles. The summed E-state index contributed by atoms with van der Waals surface area (Å²) in [6.45, 7) is 2.18. The van der Waals surface area contributed by atoms with E-state index in [1.807, 2.05) is 36.4 Å². The first-order valence-corrected chi connectivity index (χ1v) is 7.72. The van der Waals surface area contributed by atoms with Crippen molar-refractivity contribution in [2.75, 3.05) is 6.61 Å². The van der Waals surface area contributed by atoms with Crippen molar-refractivity contribution < 1.29 is 19.1 Å². The van der Waals surface area contributed by atoms with Gasteiger partial charge in [0.2, 0.25) is 0 Å². The fourth-order valence-electron chi connectivity index (χ4n) is 3.45. The fourth-order valence-corrected chi connectivity index (χ4v) is 3.45. The van der Waals surface area contributed by atoms with E-state index in [4.69, 9.17) is 9.47 Å². The molecule has 0 unspecified atom stereocenters. The fraction of sp³-hybridized carbons (Fsp3) is 0.444. The van der Waals surface area contributed by atoms with Gasteiger partial charge in [-0.05, 0) is 36.5 Å². The summed E-state index contributed by atoms with van der Waals surface area (Å²) in [5.41, 5.74) is 0. The lowest BCUT2D eigenvalue weighted by atomic mass is 9.88. The summed E-state index contributed by atoms with van der Waals surface area (Å²) in [5, 5.41) is 0. The average molecular weight is 300 g/mol. The third-order valence-electron chi connectivity index (χ3n) is 4.55. The van der Waals surface area contributed by atoms with E-state index in [0.29, 0.717) is 18.1 Å². The first-order valence-electron chi connectivity index (χ1n) is 7.72. The van der Waals surface area contributed by atoms with Crippen LogP contribution in [0.15, 0.2) is 42.5 Å². The van der Waals surface area contributed by atoms with E-state index in [-0.39, 0.29) is 36.3 Å². The third-order valence-corrected chi connectivity index (χ3v) is 4.55. The van der Waals surface area contributed by atoms with E-state index in [1.54, 1.807) is 6.08 Å². The minimum absolute atomic E-state index is 0.0329. The number of para-hydroxylation sites is 1. The van der Waals surface area contributed by atoms with Crippen molar-refractivity contribution in [3.63, 3.8) is 0 Å². The molecule has 0 aromatic heterocycles. The molecule has 0 radical (unpaired) electrons. The Labute approximate surface area is 130 Å². The van der Waals surface area contributed by atoms with E-state index in [0.717, 1.165) is 6.42 Å². The van der Waals surface area contributed by atoms with Gasteiger partial charge in [-0.25, -0.2) is 0 Å². The van der Waals surface area contributed by atoms with Crippen molar-refractivity contribution in [1.82, 2.24) is 0 Å². The van der Waals surface area contributed by atoms with Gasteiger partial charge in [0, 0.05) is 5.92 Å². The van der Waals surface area contributed by atoms with E-state index < -0.39 is 0 Å². The second-order valence-electron chi connectivity index (χ2n) is 6.11. The van der Waals surface area contributed by atoms with Crippen LogP contribution in [0.1, 0.15) is 19.8 Å². The van der Waals surface area contributed by atoms with Crippen molar-refractivity contribution in [3.8, 4) is 5.75 Å². The van der Waals surface area contributed by atoms with E-state index in [2.05, 4.69) is 6.92 Å². The van der Waals surface area contributed by atoms with Gasteiger partial charge in [-0.15, -0.1) is 0 Å². The number of carbonyl (C=O) groups is 2. The molecule has 22 heavy (non-hydrogen) atoms. The molecular formula is C18H20O4. The van der Waals surface area contributed by atoms with Crippen LogP contribution < -0.4 is 4.74 Å². The standard InChI is InChI=1S/C18H20O4/c1-12-9-17-16(10-18(20)22-17)15(12)8-7-13(19)11-21-14-5-3-2-4-6-14/h2-8,12,15-17H,9-11H2,1H3/b8-7+/t12-,15+,16-,17+/m1/s1. The van der Waals surface area contributed by atoms with E-state index in [9.17, 15) is 9.59 Å². The average Bonchev–Trinajstić information content (AvgIpc) is 2.99. The summed E-state index contributed by atoms with van der Waals surface area (Å²) in [5.74, 6) is 1.40. The number of hydrogen-bond donors (Lipinski definition) is 0. The number of ether oxygens (including phenoxy) is 2. The number of benzene rings is 1. The molecule has 116 valence electrons. The van der Waals surface area contributed by atoms with Crippen molar-refractivity contribution in [1.29, 1.82) is 0 Å². The van der Waals surface area contributed by atoms with Crippen LogP contribution >= 0.6 is 0 Å². The summed E-state index contributed by atoms with van der Waals surface area (Å²) in [6, 6.07) is 9.28. The number of allylic oxidation sites excluding steroid dienone is 1. The number of ketones is 1. The summed E-state index contributed by atoms with van der Waals surface area (Å²) in [7, 11) is 0. The van der Waals surface area contributed by atoms with Crippen LogP contribution in [0.25, 0.3) is 0 Å². The number of carbonyl (C=O) groups excluding carboxylic acids is 2. The predicted molar refractivity (Wildman–Crippen MR) is 81.3 cm³/mol. The topological polar surface area (TPSA) is 52.6 Å². The van der Waals surface area contributed by atoms with Gasteiger partial charge < -0.3 is 9.47 Å². The number of esters is 1. The molecule has 4 nitrogen and oxygen atoms in total. The van der Waals surface area contributed by atoms with Gasteiger partial charge in [0.25, 0.3) is 0 Å². The van der Waals surface area contributed by atoms with Crippen molar-refractivity contribution >= 4 is 11.8 Å². The van der Waals surface area contributed by atoms with Crippen molar-refractivity contribution in [2.45, 2.75) is 25.9 Å². The molecule has 3 rings (SSSR count). The predicted octanol–water partition coefficient (Wildman–Crippen LogP) is 2.78. The third kappa shape index (κ3) is 3.21. The normalized spacial score (nSPS) is 30.3. The lowest BCUT2D eigenvalue weighted by molar-refractivity contribution is -0.141. The van der Waals surface area contributed by atoms with Gasteiger partial charge in [0.1, 0.15) is 11.9 Å². The van der Waals surface area contributed by atoms with Crippen LogP contribution in [-0.4, -0.2) is 24.5 Å². The van der Waals surface area contributed by atoms with Gasteiger partial charge in [-0.2, -0.15) is 0 Å². The molecule has 0 spiro atoms. The van der Waals surface area contributed by atoms with Crippen LogP contribution in [0.4, 0.5) is 0 Å². The number of fused-ring (bicyclic) bond motifs is 1. The maximum Gasteiger partial charge on any atom is 0.306 e. The molecule has 0 bridgehead atoms. The van der Waals surface area contributed by atoms with Gasteiger partial charge >= 0.3 is 5.97 Å². The van der Waals surface area contributed by atoms with Crippen LogP contribution in [0.2, 0.25) is 0 Å². The second kappa shape index (κ2) is 6.34. The Bertz CT molecular complexity index is 578. The molecule has 1 saturated carbocycles. The largest absolute Gasteiger partial charge is 0.485 e. The zero-order chi connectivity index (χ0) is 15.5. The second-order valence-corrected chi connectivity index (χ2v) is 6.11. The smallest absolute Gasteiger partial charge is 0.306 e. The Morgan fingerprint density at radius 2 is 2.14 bits per heavy atom. The zero-order valence-corrected chi connectivity index (χ0v) is 12.6. The zero-order valence-electron chi connectivity index (χ0n) is 12.6. The molecule has 0 N–H and O–H groups in total.